The van der Waals surface area contributed by atoms with Crippen LogP contribution < -0.4 is 11.1 Å². The minimum atomic E-state index is -0.147. The van der Waals surface area contributed by atoms with Crippen molar-refractivity contribution < 1.29 is 9.53 Å². The van der Waals surface area contributed by atoms with E-state index in [-0.39, 0.29) is 12.0 Å². The average molecular weight is 238 g/mol. The van der Waals surface area contributed by atoms with E-state index >= 15 is 0 Å². The highest BCUT2D eigenvalue weighted by Crippen LogP contribution is 2.11. The molecule has 2 heterocycles. The van der Waals surface area contributed by atoms with Crippen LogP contribution in [-0.2, 0) is 11.3 Å². The molecule has 94 valence electrons. The monoisotopic (exact) mass is 238 g/mol. The van der Waals surface area contributed by atoms with Gasteiger partial charge in [0.2, 0.25) is 0 Å². The zero-order valence-electron chi connectivity index (χ0n) is 9.98. The van der Waals surface area contributed by atoms with Gasteiger partial charge in [-0.15, -0.1) is 0 Å². The summed E-state index contributed by atoms with van der Waals surface area (Å²) < 4.78 is 7.04. The molecule has 1 aromatic heterocycles. The van der Waals surface area contributed by atoms with Crippen molar-refractivity contribution in [3.05, 3.63) is 11.8 Å². The highest BCUT2D eigenvalue weighted by atomic mass is 16.5. The summed E-state index contributed by atoms with van der Waals surface area (Å²) >= 11 is 0. The zero-order valence-corrected chi connectivity index (χ0v) is 9.98. The molecular weight excluding hydrogens is 220 g/mol. The van der Waals surface area contributed by atoms with Crippen molar-refractivity contribution in [1.29, 1.82) is 0 Å². The molecule has 2 rings (SSSR count). The maximum atomic E-state index is 11.9. The SMILES string of the molecule is CCn1nc(N)cc1C(=O)NCC1CCCO1. The van der Waals surface area contributed by atoms with Gasteiger partial charge in [0.1, 0.15) is 11.5 Å². The predicted octanol–water partition coefficient (Wildman–Crippen LogP) is 0.394. The van der Waals surface area contributed by atoms with E-state index in [4.69, 9.17) is 10.5 Å². The van der Waals surface area contributed by atoms with Crippen molar-refractivity contribution in [2.45, 2.75) is 32.4 Å². The summed E-state index contributed by atoms with van der Waals surface area (Å²) in [5, 5.41) is 6.88. The average Bonchev–Trinajstić information content (AvgIpc) is 2.94. The lowest BCUT2D eigenvalue weighted by Gasteiger charge is -2.11. The fourth-order valence-corrected chi connectivity index (χ4v) is 1.96. The second-order valence-electron chi connectivity index (χ2n) is 4.12. The molecule has 6 nitrogen and oxygen atoms in total. The first kappa shape index (κ1) is 11.9. The number of amides is 1. The van der Waals surface area contributed by atoms with Gasteiger partial charge in [-0.05, 0) is 19.8 Å². The smallest absolute Gasteiger partial charge is 0.269 e. The van der Waals surface area contributed by atoms with Crippen molar-refractivity contribution >= 4 is 11.7 Å². The van der Waals surface area contributed by atoms with E-state index in [1.807, 2.05) is 6.92 Å². The molecule has 1 unspecified atom stereocenters. The Morgan fingerprint density at radius 3 is 3.24 bits per heavy atom. The second-order valence-corrected chi connectivity index (χ2v) is 4.12. The molecular formula is C11H18N4O2. The Morgan fingerprint density at radius 1 is 1.76 bits per heavy atom. The van der Waals surface area contributed by atoms with Crippen LogP contribution in [0.1, 0.15) is 30.3 Å². The van der Waals surface area contributed by atoms with Crippen LogP contribution in [0.3, 0.4) is 0 Å². The lowest BCUT2D eigenvalue weighted by molar-refractivity contribution is 0.0849. The van der Waals surface area contributed by atoms with Crippen molar-refractivity contribution in [3.63, 3.8) is 0 Å². The van der Waals surface area contributed by atoms with E-state index in [1.54, 1.807) is 10.7 Å². The van der Waals surface area contributed by atoms with Crippen LogP contribution >= 0.6 is 0 Å². The molecule has 1 saturated heterocycles. The van der Waals surface area contributed by atoms with Crippen molar-refractivity contribution in [1.82, 2.24) is 15.1 Å². The van der Waals surface area contributed by atoms with Gasteiger partial charge >= 0.3 is 0 Å². The molecule has 1 atom stereocenters. The number of aromatic nitrogens is 2. The van der Waals surface area contributed by atoms with Crippen LogP contribution in [0.25, 0.3) is 0 Å². The first-order valence-electron chi connectivity index (χ1n) is 5.94. The molecule has 6 heteroatoms. The van der Waals surface area contributed by atoms with Crippen molar-refractivity contribution in [3.8, 4) is 0 Å². The number of nitrogen functional groups attached to an aromatic ring is 1. The third kappa shape index (κ3) is 2.76. The fourth-order valence-electron chi connectivity index (χ4n) is 1.96. The maximum absolute atomic E-state index is 11.9. The van der Waals surface area contributed by atoms with E-state index in [0.29, 0.717) is 24.6 Å². The summed E-state index contributed by atoms with van der Waals surface area (Å²) in [4.78, 5) is 11.9. The van der Waals surface area contributed by atoms with E-state index < -0.39 is 0 Å². The minimum absolute atomic E-state index is 0.147. The number of carbonyl (C=O) groups excluding carboxylic acids is 1. The largest absolute Gasteiger partial charge is 0.382 e. The molecule has 1 amide bonds. The Morgan fingerprint density at radius 2 is 2.59 bits per heavy atom. The highest BCUT2D eigenvalue weighted by molar-refractivity contribution is 5.93. The minimum Gasteiger partial charge on any atom is -0.382 e. The number of ether oxygens (including phenoxy) is 1. The highest BCUT2D eigenvalue weighted by Gasteiger charge is 2.18. The van der Waals surface area contributed by atoms with Crippen molar-refractivity contribution in [2.75, 3.05) is 18.9 Å². The number of rotatable bonds is 4. The molecule has 0 bridgehead atoms. The van der Waals surface area contributed by atoms with E-state index in [1.165, 1.54) is 0 Å². The summed E-state index contributed by atoms with van der Waals surface area (Å²) in [7, 11) is 0. The molecule has 0 aromatic carbocycles. The third-order valence-corrected chi connectivity index (χ3v) is 2.85. The molecule has 1 aliphatic heterocycles. The fraction of sp³-hybridized carbons (Fsp3) is 0.636. The molecule has 17 heavy (non-hydrogen) atoms. The third-order valence-electron chi connectivity index (χ3n) is 2.85. The molecule has 0 saturated carbocycles. The summed E-state index contributed by atoms with van der Waals surface area (Å²) in [6.07, 6.45) is 2.23. The summed E-state index contributed by atoms with van der Waals surface area (Å²) in [5.41, 5.74) is 6.08. The lowest BCUT2D eigenvalue weighted by Crippen LogP contribution is -2.33. The van der Waals surface area contributed by atoms with Gasteiger partial charge in [0.05, 0.1) is 6.10 Å². The van der Waals surface area contributed by atoms with Gasteiger partial charge in [0, 0.05) is 25.8 Å². The quantitative estimate of drug-likeness (QED) is 0.795. The molecule has 0 radical (unpaired) electrons. The molecule has 1 aromatic rings. The maximum Gasteiger partial charge on any atom is 0.269 e. The number of nitrogens with one attached hydrogen (secondary N) is 1. The number of carbonyl (C=O) groups is 1. The van der Waals surface area contributed by atoms with Gasteiger partial charge in [-0.3, -0.25) is 9.48 Å². The van der Waals surface area contributed by atoms with E-state index in [2.05, 4.69) is 10.4 Å². The molecule has 0 spiro atoms. The van der Waals surface area contributed by atoms with Gasteiger partial charge in [0.15, 0.2) is 0 Å². The standard InChI is InChI=1S/C11H18N4O2/c1-2-15-9(6-10(12)14-15)11(16)13-7-8-4-3-5-17-8/h6,8H,2-5,7H2,1H3,(H2,12,14)(H,13,16). The molecule has 3 N–H and O–H groups in total. The number of nitrogens with zero attached hydrogens (tertiary/aromatic N) is 2. The number of aryl methyl sites for hydroxylation is 1. The first-order chi connectivity index (χ1) is 8.20. The number of hydrogen-bond acceptors (Lipinski definition) is 4. The summed E-state index contributed by atoms with van der Waals surface area (Å²) in [5.74, 6) is 0.223. The van der Waals surface area contributed by atoms with Crippen LogP contribution in [0.2, 0.25) is 0 Å². The Bertz CT molecular complexity index is 396. The first-order valence-corrected chi connectivity index (χ1v) is 5.94. The van der Waals surface area contributed by atoms with Gasteiger partial charge in [-0.1, -0.05) is 0 Å². The van der Waals surface area contributed by atoms with Crippen LogP contribution in [0, 0.1) is 0 Å². The second kappa shape index (κ2) is 5.18. The van der Waals surface area contributed by atoms with E-state index in [9.17, 15) is 4.79 Å². The molecule has 1 fully saturated rings. The number of hydrogen-bond donors (Lipinski definition) is 2. The Hall–Kier alpha value is -1.56. The van der Waals surface area contributed by atoms with Crippen LogP contribution in [-0.4, -0.2) is 34.9 Å². The lowest BCUT2D eigenvalue weighted by atomic mass is 10.2. The molecule has 0 aliphatic carbocycles. The van der Waals surface area contributed by atoms with Gasteiger partial charge in [-0.25, -0.2) is 0 Å². The number of anilines is 1. The zero-order chi connectivity index (χ0) is 12.3. The summed E-state index contributed by atoms with van der Waals surface area (Å²) in [6, 6.07) is 1.59. The summed E-state index contributed by atoms with van der Waals surface area (Å²) in [6.45, 7) is 3.89. The molecule has 1 aliphatic rings. The Balaban J connectivity index is 1.93. The topological polar surface area (TPSA) is 82.2 Å². The van der Waals surface area contributed by atoms with Gasteiger partial charge < -0.3 is 15.8 Å². The predicted molar refractivity (Wildman–Crippen MR) is 63.6 cm³/mol. The van der Waals surface area contributed by atoms with Crippen molar-refractivity contribution in [2.24, 2.45) is 0 Å². The van der Waals surface area contributed by atoms with E-state index in [0.717, 1.165) is 19.4 Å². The van der Waals surface area contributed by atoms with Gasteiger partial charge in [0.25, 0.3) is 5.91 Å². The number of nitrogens with two attached hydrogens (primary N) is 1. The Kier molecular flexibility index (Phi) is 3.63. The van der Waals surface area contributed by atoms with Crippen LogP contribution in [0.4, 0.5) is 5.82 Å². The van der Waals surface area contributed by atoms with Gasteiger partial charge in [-0.2, -0.15) is 5.10 Å². The normalized spacial score (nSPS) is 19.5. The van der Waals surface area contributed by atoms with Crippen LogP contribution in [0.5, 0.6) is 0 Å². The van der Waals surface area contributed by atoms with Crippen LogP contribution in [0.15, 0.2) is 6.07 Å². The Labute approximate surface area is 100 Å².